The fourth-order valence-electron chi connectivity index (χ4n) is 2.93. The number of hydrogen-bond donors (Lipinski definition) is 2. The van der Waals surface area contributed by atoms with Gasteiger partial charge in [0.15, 0.2) is 0 Å². The predicted octanol–water partition coefficient (Wildman–Crippen LogP) is -0.860. The maximum atomic E-state index is 10.7. The highest BCUT2D eigenvalue weighted by atomic mass is 16.7. The number of rotatable bonds is 0. The Bertz CT molecular complexity index is 381. The standard InChI is InChI=1S/C12H14O5/c13-11-3-1-2-4-12(11,14)10-8(17-10)6-15-5-7-9(11)16-7/h1-4,7-10,13-14H,5-6H2. The summed E-state index contributed by atoms with van der Waals surface area (Å²) >= 11 is 0. The molecular weight excluding hydrogens is 224 g/mol. The van der Waals surface area contributed by atoms with Crippen LogP contribution in [-0.4, -0.2) is 59.0 Å². The van der Waals surface area contributed by atoms with Gasteiger partial charge < -0.3 is 24.4 Å². The Kier molecular flexibility index (Phi) is 1.80. The van der Waals surface area contributed by atoms with Gasteiger partial charge in [0.1, 0.15) is 35.6 Å². The number of ether oxygens (including phenoxy) is 3. The third-order valence-corrected chi connectivity index (χ3v) is 4.05. The zero-order valence-corrected chi connectivity index (χ0v) is 9.15. The molecule has 1 aliphatic carbocycles. The van der Waals surface area contributed by atoms with Crippen LogP contribution in [0.2, 0.25) is 0 Å². The largest absolute Gasteiger partial charge is 0.379 e. The Morgan fingerprint density at radius 3 is 1.82 bits per heavy atom. The van der Waals surface area contributed by atoms with Gasteiger partial charge in [0.25, 0.3) is 0 Å². The first kappa shape index (κ1) is 10.2. The lowest BCUT2D eigenvalue weighted by molar-refractivity contribution is -0.118. The van der Waals surface area contributed by atoms with Crippen LogP contribution in [0.1, 0.15) is 0 Å². The van der Waals surface area contributed by atoms with Gasteiger partial charge in [-0.1, -0.05) is 12.2 Å². The Hall–Kier alpha value is -0.720. The van der Waals surface area contributed by atoms with Crippen molar-refractivity contribution >= 4 is 0 Å². The lowest BCUT2D eigenvalue weighted by Crippen LogP contribution is -2.60. The SMILES string of the molecule is OC12C=CC=CC1(O)C1OC1COCC1OC12. The summed E-state index contributed by atoms with van der Waals surface area (Å²) in [6.45, 7) is 0.875. The first-order valence-corrected chi connectivity index (χ1v) is 5.86. The summed E-state index contributed by atoms with van der Waals surface area (Å²) in [6, 6.07) is 0. The third-order valence-electron chi connectivity index (χ3n) is 4.05. The van der Waals surface area contributed by atoms with E-state index in [1.165, 1.54) is 0 Å². The zero-order chi connectivity index (χ0) is 11.7. The highest BCUT2D eigenvalue weighted by Crippen LogP contribution is 2.50. The van der Waals surface area contributed by atoms with Crippen molar-refractivity contribution in [2.75, 3.05) is 13.2 Å². The highest BCUT2D eigenvalue weighted by Gasteiger charge is 2.70. The van der Waals surface area contributed by atoms with Gasteiger partial charge in [-0.15, -0.1) is 0 Å². The Labute approximate surface area is 98.3 Å². The molecule has 0 aromatic heterocycles. The van der Waals surface area contributed by atoms with Gasteiger partial charge in [0.2, 0.25) is 0 Å². The summed E-state index contributed by atoms with van der Waals surface area (Å²) in [5, 5.41) is 21.5. The van der Waals surface area contributed by atoms with Crippen LogP contribution in [0.15, 0.2) is 24.3 Å². The molecule has 4 rings (SSSR count). The molecule has 0 radical (unpaired) electrons. The molecule has 5 heteroatoms. The normalized spacial score (nSPS) is 59.2. The average Bonchev–Trinajstić information content (AvgIpc) is 3.16. The second-order valence-corrected chi connectivity index (χ2v) is 5.10. The molecule has 92 valence electrons. The quantitative estimate of drug-likeness (QED) is 0.537. The Morgan fingerprint density at radius 1 is 0.882 bits per heavy atom. The van der Waals surface area contributed by atoms with E-state index in [1.54, 1.807) is 24.3 Å². The molecule has 3 aliphatic heterocycles. The minimum absolute atomic E-state index is 0.139. The van der Waals surface area contributed by atoms with Crippen molar-refractivity contribution in [1.82, 2.24) is 0 Å². The molecule has 5 nitrogen and oxygen atoms in total. The van der Waals surface area contributed by atoms with Crippen molar-refractivity contribution < 1.29 is 24.4 Å². The third kappa shape index (κ3) is 1.21. The number of hydrogen-bond acceptors (Lipinski definition) is 5. The van der Waals surface area contributed by atoms with E-state index in [9.17, 15) is 10.2 Å². The summed E-state index contributed by atoms with van der Waals surface area (Å²) in [4.78, 5) is 0. The van der Waals surface area contributed by atoms with Gasteiger partial charge in [-0.3, -0.25) is 0 Å². The summed E-state index contributed by atoms with van der Waals surface area (Å²) < 4.78 is 16.3. The van der Waals surface area contributed by atoms with Gasteiger partial charge >= 0.3 is 0 Å². The van der Waals surface area contributed by atoms with E-state index in [4.69, 9.17) is 14.2 Å². The molecule has 0 amide bonds. The van der Waals surface area contributed by atoms with Gasteiger partial charge in [-0.25, -0.2) is 0 Å². The van der Waals surface area contributed by atoms with Crippen LogP contribution in [0.3, 0.4) is 0 Å². The highest BCUT2D eigenvalue weighted by molar-refractivity contribution is 5.37. The maximum Gasteiger partial charge on any atom is 0.147 e. The van der Waals surface area contributed by atoms with Gasteiger partial charge in [0.05, 0.1) is 13.2 Å². The first-order chi connectivity index (χ1) is 8.15. The second-order valence-electron chi connectivity index (χ2n) is 5.10. The first-order valence-electron chi connectivity index (χ1n) is 5.86. The Balaban J connectivity index is 1.78. The molecule has 3 saturated heterocycles. The predicted molar refractivity (Wildman–Crippen MR) is 56.3 cm³/mol. The fourth-order valence-corrected chi connectivity index (χ4v) is 2.93. The number of epoxide rings is 2. The molecule has 0 spiro atoms. The smallest absolute Gasteiger partial charge is 0.147 e. The minimum atomic E-state index is -1.42. The van der Waals surface area contributed by atoms with Crippen molar-refractivity contribution in [3.8, 4) is 0 Å². The molecule has 0 bridgehead atoms. The number of aliphatic hydroxyl groups is 2. The van der Waals surface area contributed by atoms with E-state index >= 15 is 0 Å². The van der Waals surface area contributed by atoms with Gasteiger partial charge in [0, 0.05) is 0 Å². The lowest BCUT2D eigenvalue weighted by Gasteiger charge is -2.39. The van der Waals surface area contributed by atoms with Gasteiger partial charge in [-0.2, -0.15) is 0 Å². The van der Waals surface area contributed by atoms with Crippen LogP contribution in [0.5, 0.6) is 0 Å². The molecule has 4 aliphatic rings. The van der Waals surface area contributed by atoms with Crippen LogP contribution >= 0.6 is 0 Å². The van der Waals surface area contributed by atoms with Crippen LogP contribution < -0.4 is 0 Å². The molecule has 3 heterocycles. The number of fused-ring (bicyclic) bond motifs is 5. The average molecular weight is 238 g/mol. The molecule has 6 unspecified atom stereocenters. The van der Waals surface area contributed by atoms with Crippen molar-refractivity contribution in [2.24, 2.45) is 0 Å². The molecule has 17 heavy (non-hydrogen) atoms. The fraction of sp³-hybridized carbons (Fsp3) is 0.667. The monoisotopic (exact) mass is 238 g/mol. The summed E-state index contributed by atoms with van der Waals surface area (Å²) in [6.07, 6.45) is 5.53. The van der Waals surface area contributed by atoms with Crippen LogP contribution in [0.25, 0.3) is 0 Å². The molecule has 0 saturated carbocycles. The minimum Gasteiger partial charge on any atom is -0.379 e. The van der Waals surface area contributed by atoms with Gasteiger partial charge in [-0.05, 0) is 12.2 Å². The van der Waals surface area contributed by atoms with Crippen LogP contribution in [0, 0.1) is 0 Å². The topological polar surface area (TPSA) is 74.8 Å². The Morgan fingerprint density at radius 2 is 1.35 bits per heavy atom. The zero-order valence-electron chi connectivity index (χ0n) is 9.15. The molecule has 0 aromatic rings. The van der Waals surface area contributed by atoms with Crippen LogP contribution in [0.4, 0.5) is 0 Å². The number of allylic oxidation sites excluding steroid dienone is 2. The summed E-state index contributed by atoms with van der Waals surface area (Å²) in [5.41, 5.74) is -2.83. The molecular formula is C12H14O5. The summed E-state index contributed by atoms with van der Waals surface area (Å²) in [5.74, 6) is 0. The van der Waals surface area contributed by atoms with Crippen molar-refractivity contribution in [2.45, 2.75) is 35.6 Å². The van der Waals surface area contributed by atoms with E-state index in [2.05, 4.69) is 0 Å². The maximum absolute atomic E-state index is 10.7. The van der Waals surface area contributed by atoms with E-state index in [0.717, 1.165) is 0 Å². The molecule has 3 fully saturated rings. The molecule has 2 N–H and O–H groups in total. The lowest BCUT2D eigenvalue weighted by atomic mass is 9.73. The molecule has 0 aromatic carbocycles. The summed E-state index contributed by atoms with van der Waals surface area (Å²) in [7, 11) is 0. The van der Waals surface area contributed by atoms with Crippen molar-refractivity contribution in [3.63, 3.8) is 0 Å². The van der Waals surface area contributed by atoms with E-state index in [-0.39, 0.29) is 12.2 Å². The van der Waals surface area contributed by atoms with Crippen LogP contribution in [-0.2, 0) is 14.2 Å². The van der Waals surface area contributed by atoms with E-state index in [1.807, 2.05) is 0 Å². The van der Waals surface area contributed by atoms with Crippen molar-refractivity contribution in [1.29, 1.82) is 0 Å². The van der Waals surface area contributed by atoms with E-state index in [0.29, 0.717) is 13.2 Å². The molecule has 6 atom stereocenters. The van der Waals surface area contributed by atoms with Crippen molar-refractivity contribution in [3.05, 3.63) is 24.3 Å². The second kappa shape index (κ2) is 2.99. The van der Waals surface area contributed by atoms with E-state index < -0.39 is 23.4 Å².